The number of carbonyl (C=O) groups is 2. The van der Waals surface area contributed by atoms with E-state index in [4.69, 9.17) is 5.11 Å². The van der Waals surface area contributed by atoms with Gasteiger partial charge in [0.2, 0.25) is 10.0 Å². The summed E-state index contributed by atoms with van der Waals surface area (Å²) in [6.45, 7) is 1.83. The van der Waals surface area contributed by atoms with Crippen LogP contribution in [0.5, 0.6) is 0 Å². The standard InChI is InChI=1S/C16H18N2O5S2/c1-10-5-3-4-6-12(10)13(8-15(19)20)18-16(21)14-7-11(9-24-14)25(22,23)17-2/h3-7,9,13,17H,8H2,1-2H3,(H,18,21)(H,19,20). The molecule has 1 unspecified atom stereocenters. The van der Waals surface area contributed by atoms with Gasteiger partial charge in [-0.15, -0.1) is 11.3 Å². The molecule has 2 aromatic rings. The molecule has 0 aliphatic heterocycles. The molecule has 3 N–H and O–H groups in total. The van der Waals surface area contributed by atoms with Gasteiger partial charge in [0.15, 0.2) is 0 Å². The predicted molar refractivity (Wildman–Crippen MR) is 94.2 cm³/mol. The molecule has 7 nitrogen and oxygen atoms in total. The fourth-order valence-electron chi connectivity index (χ4n) is 2.32. The SMILES string of the molecule is CNS(=O)(=O)c1csc(C(=O)NC(CC(=O)O)c2ccccc2C)c1. The first-order chi connectivity index (χ1) is 11.7. The van der Waals surface area contributed by atoms with Gasteiger partial charge < -0.3 is 10.4 Å². The molecule has 1 aromatic heterocycles. The predicted octanol–water partition coefficient (Wildman–Crippen LogP) is 1.91. The molecule has 1 heterocycles. The molecule has 0 bridgehead atoms. The van der Waals surface area contributed by atoms with Crippen molar-refractivity contribution >= 4 is 33.2 Å². The summed E-state index contributed by atoms with van der Waals surface area (Å²) in [7, 11) is -2.35. The molecule has 0 saturated heterocycles. The average molecular weight is 382 g/mol. The Kier molecular flexibility index (Phi) is 5.93. The highest BCUT2D eigenvalue weighted by molar-refractivity contribution is 7.89. The van der Waals surface area contributed by atoms with Gasteiger partial charge in [-0.3, -0.25) is 9.59 Å². The van der Waals surface area contributed by atoms with Crippen molar-refractivity contribution in [2.24, 2.45) is 0 Å². The molecule has 1 atom stereocenters. The van der Waals surface area contributed by atoms with Crippen LogP contribution in [-0.4, -0.2) is 32.4 Å². The molecule has 0 fully saturated rings. The minimum atomic E-state index is -3.63. The van der Waals surface area contributed by atoms with Gasteiger partial charge in [0, 0.05) is 5.38 Å². The Labute approximate surface area is 149 Å². The number of sulfonamides is 1. The number of hydrogen-bond donors (Lipinski definition) is 3. The van der Waals surface area contributed by atoms with Crippen LogP contribution in [0.15, 0.2) is 40.6 Å². The van der Waals surface area contributed by atoms with Crippen LogP contribution in [-0.2, 0) is 14.8 Å². The molecule has 25 heavy (non-hydrogen) atoms. The lowest BCUT2D eigenvalue weighted by atomic mass is 9.98. The van der Waals surface area contributed by atoms with Crippen molar-refractivity contribution < 1.29 is 23.1 Å². The van der Waals surface area contributed by atoms with E-state index in [9.17, 15) is 18.0 Å². The Morgan fingerprint density at radius 3 is 2.56 bits per heavy atom. The first-order valence-electron chi connectivity index (χ1n) is 7.35. The van der Waals surface area contributed by atoms with Crippen LogP contribution in [0.1, 0.15) is 33.3 Å². The summed E-state index contributed by atoms with van der Waals surface area (Å²) in [5.41, 5.74) is 1.57. The van der Waals surface area contributed by atoms with Crippen molar-refractivity contribution in [2.75, 3.05) is 7.05 Å². The molecule has 134 valence electrons. The first-order valence-corrected chi connectivity index (χ1v) is 9.71. The lowest BCUT2D eigenvalue weighted by molar-refractivity contribution is -0.137. The normalized spacial score (nSPS) is 12.6. The summed E-state index contributed by atoms with van der Waals surface area (Å²) < 4.78 is 25.7. The molecule has 9 heteroatoms. The fourth-order valence-corrected chi connectivity index (χ4v) is 4.22. The molecular weight excluding hydrogens is 364 g/mol. The second-order valence-corrected chi connectivity index (χ2v) is 8.13. The molecule has 1 aromatic carbocycles. The van der Waals surface area contributed by atoms with Crippen molar-refractivity contribution in [1.29, 1.82) is 0 Å². The van der Waals surface area contributed by atoms with E-state index in [1.54, 1.807) is 12.1 Å². The van der Waals surface area contributed by atoms with Gasteiger partial charge in [-0.25, -0.2) is 13.1 Å². The van der Waals surface area contributed by atoms with E-state index < -0.39 is 27.9 Å². The second-order valence-electron chi connectivity index (χ2n) is 5.33. The zero-order chi connectivity index (χ0) is 18.6. The third-order valence-electron chi connectivity index (χ3n) is 3.63. The highest BCUT2D eigenvalue weighted by Gasteiger charge is 2.22. The first kappa shape index (κ1) is 19.1. The summed E-state index contributed by atoms with van der Waals surface area (Å²) in [5, 5.41) is 13.2. The average Bonchev–Trinajstić information content (AvgIpc) is 3.05. The minimum absolute atomic E-state index is 0.00386. The molecule has 1 amide bonds. The third-order valence-corrected chi connectivity index (χ3v) is 6.10. The molecule has 0 aliphatic carbocycles. The van der Waals surface area contributed by atoms with Crippen LogP contribution in [0.3, 0.4) is 0 Å². The number of nitrogens with one attached hydrogen (secondary N) is 2. The summed E-state index contributed by atoms with van der Waals surface area (Å²) in [6, 6.07) is 7.74. The molecular formula is C16H18N2O5S2. The van der Waals surface area contributed by atoms with Gasteiger partial charge in [0.1, 0.15) is 0 Å². The Hall–Kier alpha value is -2.23. The molecule has 0 saturated carbocycles. The number of hydrogen-bond acceptors (Lipinski definition) is 5. The smallest absolute Gasteiger partial charge is 0.305 e. The second kappa shape index (κ2) is 7.77. The van der Waals surface area contributed by atoms with Crippen LogP contribution in [0.2, 0.25) is 0 Å². The Morgan fingerprint density at radius 2 is 1.96 bits per heavy atom. The maximum absolute atomic E-state index is 12.4. The summed E-state index contributed by atoms with van der Waals surface area (Å²) in [4.78, 5) is 23.8. The van der Waals surface area contributed by atoms with Gasteiger partial charge in [0.05, 0.1) is 22.2 Å². The number of aliphatic carboxylic acids is 1. The molecule has 2 rings (SSSR count). The van der Waals surface area contributed by atoms with Crippen molar-refractivity contribution in [3.05, 3.63) is 51.7 Å². The Balaban J connectivity index is 2.26. The third kappa shape index (κ3) is 4.65. The minimum Gasteiger partial charge on any atom is -0.481 e. The quantitative estimate of drug-likeness (QED) is 0.677. The maximum atomic E-state index is 12.4. The zero-order valence-corrected chi connectivity index (χ0v) is 15.3. The highest BCUT2D eigenvalue weighted by Crippen LogP contribution is 2.23. The van der Waals surface area contributed by atoms with E-state index in [0.29, 0.717) is 5.56 Å². The maximum Gasteiger partial charge on any atom is 0.305 e. The molecule has 0 radical (unpaired) electrons. The topological polar surface area (TPSA) is 113 Å². The van der Waals surface area contributed by atoms with Crippen molar-refractivity contribution in [3.63, 3.8) is 0 Å². The number of carboxylic acids is 1. The highest BCUT2D eigenvalue weighted by atomic mass is 32.2. The van der Waals surface area contributed by atoms with Gasteiger partial charge in [0.25, 0.3) is 5.91 Å². The monoisotopic (exact) mass is 382 g/mol. The molecule has 0 aliphatic rings. The van der Waals surface area contributed by atoms with Crippen LogP contribution >= 0.6 is 11.3 Å². The lowest BCUT2D eigenvalue weighted by Crippen LogP contribution is -2.30. The number of aryl methyl sites for hydroxylation is 1. The lowest BCUT2D eigenvalue weighted by Gasteiger charge is -2.19. The van der Waals surface area contributed by atoms with Crippen LogP contribution < -0.4 is 10.0 Å². The van der Waals surface area contributed by atoms with Crippen LogP contribution in [0.25, 0.3) is 0 Å². The van der Waals surface area contributed by atoms with E-state index in [0.717, 1.165) is 16.9 Å². The van der Waals surface area contributed by atoms with E-state index in [-0.39, 0.29) is 16.2 Å². The van der Waals surface area contributed by atoms with Gasteiger partial charge in [-0.1, -0.05) is 24.3 Å². The summed E-state index contributed by atoms with van der Waals surface area (Å²) in [5.74, 6) is -1.56. The number of carboxylic acid groups (broad SMARTS) is 1. The number of amides is 1. The Bertz CT molecular complexity index is 889. The van der Waals surface area contributed by atoms with E-state index in [1.165, 1.54) is 18.5 Å². The van der Waals surface area contributed by atoms with Crippen LogP contribution in [0.4, 0.5) is 0 Å². The van der Waals surface area contributed by atoms with Gasteiger partial charge >= 0.3 is 5.97 Å². The van der Waals surface area contributed by atoms with Gasteiger partial charge in [-0.05, 0) is 31.2 Å². The summed E-state index contributed by atoms with van der Waals surface area (Å²) in [6.07, 6.45) is -0.274. The Morgan fingerprint density at radius 1 is 1.28 bits per heavy atom. The van der Waals surface area contributed by atoms with Crippen molar-refractivity contribution in [1.82, 2.24) is 10.0 Å². The van der Waals surface area contributed by atoms with Crippen LogP contribution in [0, 0.1) is 6.92 Å². The number of benzene rings is 1. The van der Waals surface area contributed by atoms with Crippen molar-refractivity contribution in [3.8, 4) is 0 Å². The largest absolute Gasteiger partial charge is 0.481 e. The van der Waals surface area contributed by atoms with E-state index in [2.05, 4.69) is 10.0 Å². The number of rotatable bonds is 7. The van der Waals surface area contributed by atoms with Gasteiger partial charge in [-0.2, -0.15) is 0 Å². The van der Waals surface area contributed by atoms with Crippen molar-refractivity contribution in [2.45, 2.75) is 24.3 Å². The van der Waals surface area contributed by atoms with E-state index >= 15 is 0 Å². The summed E-state index contributed by atoms with van der Waals surface area (Å²) >= 11 is 0.982. The fraction of sp³-hybridized carbons (Fsp3) is 0.250. The molecule has 0 spiro atoms. The number of thiophene rings is 1. The number of carbonyl (C=O) groups excluding carboxylic acids is 1. The zero-order valence-electron chi connectivity index (χ0n) is 13.6. The van der Waals surface area contributed by atoms with E-state index in [1.807, 2.05) is 19.1 Å².